The Hall–Kier alpha value is -2.67. The second kappa shape index (κ2) is 7.29. The number of aliphatic carboxylic acids is 1. The number of aromatic nitrogens is 2. The predicted octanol–water partition coefficient (Wildman–Crippen LogP) is 1.86. The maximum atomic E-state index is 12.8. The Labute approximate surface area is 152 Å². The van der Waals surface area contributed by atoms with Crippen LogP contribution in [0.25, 0.3) is 0 Å². The number of aryl methyl sites for hydroxylation is 2. The molecule has 2 heterocycles. The smallest absolute Gasteiger partial charge is 0.334 e. The topological polar surface area (TPSA) is 84.7 Å². The van der Waals surface area contributed by atoms with Crippen LogP contribution in [0.5, 0.6) is 0 Å². The lowest BCUT2D eigenvalue weighted by molar-refractivity contribution is -0.160. The Morgan fingerprint density at radius 1 is 1.27 bits per heavy atom. The van der Waals surface area contributed by atoms with Crippen LogP contribution < -0.4 is 0 Å². The third kappa shape index (κ3) is 3.94. The normalized spacial score (nSPS) is 20.2. The summed E-state index contributed by atoms with van der Waals surface area (Å²) < 4.78 is 7.28. The van der Waals surface area contributed by atoms with Crippen LogP contribution >= 0.6 is 0 Å². The Kier molecular flexibility index (Phi) is 5.08. The number of ether oxygens (including phenoxy) is 1. The fourth-order valence-corrected chi connectivity index (χ4v) is 3.25. The molecule has 0 aliphatic carbocycles. The highest BCUT2D eigenvalue weighted by atomic mass is 16.5. The lowest BCUT2D eigenvalue weighted by atomic mass is 10.1. The van der Waals surface area contributed by atoms with Gasteiger partial charge < -0.3 is 14.7 Å². The molecule has 1 aromatic heterocycles. The molecular formula is C19H23N3O4. The Bertz CT molecular complexity index is 830. The van der Waals surface area contributed by atoms with E-state index in [0.717, 1.165) is 17.0 Å². The summed E-state index contributed by atoms with van der Waals surface area (Å²) in [6.45, 7) is 6.73. The molecule has 1 amide bonds. The predicted molar refractivity (Wildman–Crippen MR) is 95.1 cm³/mol. The summed E-state index contributed by atoms with van der Waals surface area (Å²) >= 11 is 0. The van der Waals surface area contributed by atoms with E-state index in [2.05, 4.69) is 5.10 Å². The molecule has 0 saturated carbocycles. The van der Waals surface area contributed by atoms with E-state index in [0.29, 0.717) is 18.7 Å². The first-order valence-corrected chi connectivity index (χ1v) is 8.61. The molecule has 7 heteroatoms. The second-order valence-electron chi connectivity index (χ2n) is 6.77. The fraction of sp³-hybridized carbons (Fsp3) is 0.421. The van der Waals surface area contributed by atoms with Crippen molar-refractivity contribution in [3.8, 4) is 0 Å². The molecule has 0 spiro atoms. The van der Waals surface area contributed by atoms with Gasteiger partial charge in [0, 0.05) is 17.8 Å². The average molecular weight is 357 g/mol. The monoisotopic (exact) mass is 357 g/mol. The van der Waals surface area contributed by atoms with Gasteiger partial charge >= 0.3 is 5.97 Å². The molecule has 1 aliphatic heterocycles. The maximum absolute atomic E-state index is 12.8. The maximum Gasteiger partial charge on any atom is 0.334 e. The molecule has 1 aliphatic rings. The summed E-state index contributed by atoms with van der Waals surface area (Å²) in [5.74, 6) is -1.23. The number of morpholine rings is 1. The third-order valence-corrected chi connectivity index (χ3v) is 4.43. The number of carboxylic acids is 1. The highest BCUT2D eigenvalue weighted by Gasteiger charge is 2.33. The van der Waals surface area contributed by atoms with Gasteiger partial charge in [0.25, 0.3) is 5.91 Å². The van der Waals surface area contributed by atoms with Gasteiger partial charge in [-0.15, -0.1) is 0 Å². The molecule has 26 heavy (non-hydrogen) atoms. The largest absolute Gasteiger partial charge is 0.479 e. The van der Waals surface area contributed by atoms with E-state index in [9.17, 15) is 14.7 Å². The van der Waals surface area contributed by atoms with Gasteiger partial charge in [-0.1, -0.05) is 12.1 Å². The zero-order valence-corrected chi connectivity index (χ0v) is 15.2. The van der Waals surface area contributed by atoms with Crippen LogP contribution in [0.1, 0.15) is 34.2 Å². The Morgan fingerprint density at radius 2 is 2.04 bits per heavy atom. The number of carbonyl (C=O) groups is 2. The molecule has 3 rings (SSSR count). The molecule has 138 valence electrons. The van der Waals surface area contributed by atoms with Gasteiger partial charge in [-0.05, 0) is 44.5 Å². The quantitative estimate of drug-likeness (QED) is 0.903. The molecule has 2 aromatic rings. The first-order valence-electron chi connectivity index (χ1n) is 8.61. The Morgan fingerprint density at radius 3 is 2.69 bits per heavy atom. The van der Waals surface area contributed by atoms with E-state index in [-0.39, 0.29) is 18.6 Å². The molecular weight excluding hydrogens is 334 g/mol. The molecule has 1 fully saturated rings. The SMILES string of the molecule is Cc1cc(C)n(Cc2cccc(C(=O)N3CC(C(=O)O)O[C@H](C)C3)c2)n1. The standard InChI is InChI=1S/C19H23N3O4/c1-12-7-13(2)22(20-12)10-15-5-4-6-16(8-15)18(23)21-9-14(3)26-17(11-21)19(24)25/h4-8,14,17H,9-11H2,1-3H3,(H,24,25)/t14-,17?/m1/s1. The van der Waals surface area contributed by atoms with Crippen LogP contribution in [0.2, 0.25) is 0 Å². The van der Waals surface area contributed by atoms with Gasteiger partial charge in [-0.25, -0.2) is 4.79 Å². The van der Waals surface area contributed by atoms with Crippen molar-refractivity contribution in [2.75, 3.05) is 13.1 Å². The average Bonchev–Trinajstić information content (AvgIpc) is 2.91. The van der Waals surface area contributed by atoms with Gasteiger partial charge in [-0.3, -0.25) is 9.48 Å². The molecule has 1 unspecified atom stereocenters. The van der Waals surface area contributed by atoms with E-state index < -0.39 is 12.1 Å². The van der Waals surface area contributed by atoms with Crippen molar-refractivity contribution in [1.29, 1.82) is 0 Å². The first kappa shape index (κ1) is 18.1. The molecule has 1 aromatic carbocycles. The molecule has 1 N–H and O–H groups in total. The number of nitrogens with zero attached hydrogens (tertiary/aromatic N) is 3. The van der Waals surface area contributed by atoms with Crippen LogP contribution in [0.15, 0.2) is 30.3 Å². The van der Waals surface area contributed by atoms with Gasteiger partial charge in [0.05, 0.1) is 24.9 Å². The number of hydrogen-bond donors (Lipinski definition) is 1. The van der Waals surface area contributed by atoms with Gasteiger partial charge in [0.2, 0.25) is 0 Å². The molecule has 0 radical (unpaired) electrons. The number of benzene rings is 1. The fourth-order valence-electron chi connectivity index (χ4n) is 3.25. The van der Waals surface area contributed by atoms with Gasteiger partial charge in [0.1, 0.15) is 0 Å². The first-order chi connectivity index (χ1) is 12.3. The van der Waals surface area contributed by atoms with Crippen LogP contribution in [0, 0.1) is 13.8 Å². The van der Waals surface area contributed by atoms with Crippen molar-refractivity contribution in [2.24, 2.45) is 0 Å². The van der Waals surface area contributed by atoms with Crippen molar-refractivity contribution < 1.29 is 19.4 Å². The van der Waals surface area contributed by atoms with Crippen molar-refractivity contribution in [1.82, 2.24) is 14.7 Å². The lowest BCUT2D eigenvalue weighted by Gasteiger charge is -2.35. The highest BCUT2D eigenvalue weighted by molar-refractivity contribution is 5.94. The van der Waals surface area contributed by atoms with Crippen LogP contribution in [0.3, 0.4) is 0 Å². The summed E-state index contributed by atoms with van der Waals surface area (Å²) in [5, 5.41) is 13.6. The zero-order valence-electron chi connectivity index (χ0n) is 15.2. The van der Waals surface area contributed by atoms with Crippen molar-refractivity contribution in [2.45, 2.75) is 39.5 Å². The van der Waals surface area contributed by atoms with E-state index in [1.54, 1.807) is 17.9 Å². The van der Waals surface area contributed by atoms with E-state index in [1.807, 2.05) is 42.8 Å². The van der Waals surface area contributed by atoms with E-state index in [1.165, 1.54) is 0 Å². The summed E-state index contributed by atoms with van der Waals surface area (Å²) in [7, 11) is 0. The number of amides is 1. The second-order valence-corrected chi connectivity index (χ2v) is 6.77. The summed E-state index contributed by atoms with van der Waals surface area (Å²) in [4.78, 5) is 25.6. The minimum atomic E-state index is -1.05. The molecule has 2 atom stereocenters. The van der Waals surface area contributed by atoms with E-state index >= 15 is 0 Å². The van der Waals surface area contributed by atoms with Crippen LogP contribution in [0.4, 0.5) is 0 Å². The summed E-state index contributed by atoms with van der Waals surface area (Å²) in [6.07, 6.45) is -1.30. The number of hydrogen-bond acceptors (Lipinski definition) is 4. The van der Waals surface area contributed by atoms with Crippen molar-refractivity contribution in [3.63, 3.8) is 0 Å². The van der Waals surface area contributed by atoms with Crippen LogP contribution in [-0.2, 0) is 16.1 Å². The van der Waals surface area contributed by atoms with Crippen molar-refractivity contribution >= 4 is 11.9 Å². The molecule has 1 saturated heterocycles. The number of carboxylic acid groups (broad SMARTS) is 1. The lowest BCUT2D eigenvalue weighted by Crippen LogP contribution is -2.51. The van der Waals surface area contributed by atoms with E-state index in [4.69, 9.17) is 4.74 Å². The van der Waals surface area contributed by atoms with Crippen LogP contribution in [-0.4, -0.2) is 57.0 Å². The highest BCUT2D eigenvalue weighted by Crippen LogP contribution is 2.17. The third-order valence-electron chi connectivity index (χ3n) is 4.43. The molecule has 0 bridgehead atoms. The number of rotatable bonds is 4. The number of carbonyl (C=O) groups excluding carboxylic acids is 1. The minimum absolute atomic E-state index is 0.0557. The van der Waals surface area contributed by atoms with Crippen molar-refractivity contribution in [3.05, 3.63) is 52.8 Å². The zero-order chi connectivity index (χ0) is 18.8. The van der Waals surface area contributed by atoms with Gasteiger partial charge in [0.15, 0.2) is 6.10 Å². The Balaban J connectivity index is 1.77. The summed E-state index contributed by atoms with van der Waals surface area (Å²) in [5.41, 5.74) is 3.53. The molecule has 7 nitrogen and oxygen atoms in total. The summed E-state index contributed by atoms with van der Waals surface area (Å²) in [6, 6.07) is 9.40. The van der Waals surface area contributed by atoms with Gasteiger partial charge in [-0.2, -0.15) is 5.10 Å². The minimum Gasteiger partial charge on any atom is -0.479 e.